The molecule has 2 rings (SSSR count). The van der Waals surface area contributed by atoms with Crippen LogP contribution in [-0.4, -0.2) is 44.4 Å². The maximum absolute atomic E-state index is 5.16. The zero-order chi connectivity index (χ0) is 10.5. The number of pyridine rings is 1. The molecule has 0 aromatic carbocycles. The molecule has 0 radical (unpaired) electrons. The molecule has 1 aromatic rings. The highest BCUT2D eigenvalue weighted by Gasteiger charge is 2.19. The Labute approximate surface area is 90.3 Å². The van der Waals surface area contributed by atoms with Gasteiger partial charge < -0.3 is 15.0 Å². The van der Waals surface area contributed by atoms with Gasteiger partial charge in [0.1, 0.15) is 5.82 Å². The van der Waals surface area contributed by atoms with Gasteiger partial charge in [0, 0.05) is 39.0 Å². The summed E-state index contributed by atoms with van der Waals surface area (Å²) >= 11 is 0. The fourth-order valence-electron chi connectivity index (χ4n) is 1.89. The summed E-state index contributed by atoms with van der Waals surface area (Å²) in [5.41, 5.74) is 0. The van der Waals surface area contributed by atoms with E-state index >= 15 is 0 Å². The van der Waals surface area contributed by atoms with Crippen molar-refractivity contribution in [1.82, 2.24) is 10.3 Å². The zero-order valence-corrected chi connectivity index (χ0v) is 9.02. The van der Waals surface area contributed by atoms with Crippen LogP contribution in [-0.2, 0) is 4.74 Å². The standard InChI is InChI=1S/C11H17N3O/c1-15-9-10-8-14(7-6-12-10)11-4-2-3-5-13-11/h2-5,10,12H,6-9H2,1H3/t10-/m1/s1. The van der Waals surface area contributed by atoms with Crippen molar-refractivity contribution in [3.8, 4) is 0 Å². The maximum atomic E-state index is 5.16. The molecule has 0 unspecified atom stereocenters. The number of nitrogens with zero attached hydrogens (tertiary/aromatic N) is 2. The minimum atomic E-state index is 0.408. The highest BCUT2D eigenvalue weighted by molar-refractivity contribution is 5.38. The van der Waals surface area contributed by atoms with Gasteiger partial charge in [0.2, 0.25) is 0 Å². The fourth-order valence-corrected chi connectivity index (χ4v) is 1.89. The number of hydrogen-bond donors (Lipinski definition) is 1. The molecule has 1 aliphatic rings. The van der Waals surface area contributed by atoms with E-state index in [1.54, 1.807) is 7.11 Å². The average Bonchev–Trinajstić information content (AvgIpc) is 2.31. The second-order valence-electron chi connectivity index (χ2n) is 3.74. The molecule has 2 heterocycles. The molecule has 0 spiro atoms. The SMILES string of the molecule is COC[C@H]1CN(c2ccccn2)CCN1. The van der Waals surface area contributed by atoms with E-state index in [4.69, 9.17) is 4.74 Å². The molecular weight excluding hydrogens is 190 g/mol. The van der Waals surface area contributed by atoms with E-state index in [-0.39, 0.29) is 0 Å². The van der Waals surface area contributed by atoms with Crippen LogP contribution in [0.5, 0.6) is 0 Å². The van der Waals surface area contributed by atoms with Gasteiger partial charge in [-0.2, -0.15) is 0 Å². The molecular formula is C11H17N3O. The monoisotopic (exact) mass is 207 g/mol. The molecule has 4 heteroatoms. The van der Waals surface area contributed by atoms with Crippen molar-refractivity contribution in [2.24, 2.45) is 0 Å². The summed E-state index contributed by atoms with van der Waals surface area (Å²) in [6.07, 6.45) is 1.84. The Kier molecular flexibility index (Phi) is 3.53. The predicted octanol–water partition coefficient (Wildman–Crippen LogP) is 0.506. The topological polar surface area (TPSA) is 37.4 Å². The quantitative estimate of drug-likeness (QED) is 0.783. The number of rotatable bonds is 3. The molecule has 82 valence electrons. The Hall–Kier alpha value is -1.13. The normalized spacial score (nSPS) is 21.7. The maximum Gasteiger partial charge on any atom is 0.128 e. The minimum Gasteiger partial charge on any atom is -0.383 e. The van der Waals surface area contributed by atoms with Gasteiger partial charge in [-0.3, -0.25) is 0 Å². The third-order valence-electron chi connectivity index (χ3n) is 2.60. The summed E-state index contributed by atoms with van der Waals surface area (Å²) in [4.78, 5) is 6.65. The first-order chi connectivity index (χ1) is 7.40. The Balaban J connectivity index is 1.98. The van der Waals surface area contributed by atoms with Crippen LogP contribution in [0.1, 0.15) is 0 Å². The van der Waals surface area contributed by atoms with Crippen molar-refractivity contribution in [3.05, 3.63) is 24.4 Å². The lowest BCUT2D eigenvalue weighted by atomic mass is 10.2. The third-order valence-corrected chi connectivity index (χ3v) is 2.60. The number of methoxy groups -OCH3 is 1. The van der Waals surface area contributed by atoms with Crippen molar-refractivity contribution < 1.29 is 4.74 Å². The van der Waals surface area contributed by atoms with Crippen LogP contribution in [0.25, 0.3) is 0 Å². The minimum absolute atomic E-state index is 0.408. The first-order valence-electron chi connectivity index (χ1n) is 5.28. The van der Waals surface area contributed by atoms with Gasteiger partial charge in [0.15, 0.2) is 0 Å². The molecule has 0 saturated carbocycles. The number of ether oxygens (including phenoxy) is 1. The number of piperazine rings is 1. The summed E-state index contributed by atoms with van der Waals surface area (Å²) in [5.74, 6) is 1.06. The van der Waals surface area contributed by atoms with E-state index in [1.807, 2.05) is 18.3 Å². The van der Waals surface area contributed by atoms with Crippen LogP contribution >= 0.6 is 0 Å². The highest BCUT2D eigenvalue weighted by atomic mass is 16.5. The van der Waals surface area contributed by atoms with E-state index in [0.717, 1.165) is 32.1 Å². The first-order valence-corrected chi connectivity index (χ1v) is 5.28. The second-order valence-corrected chi connectivity index (χ2v) is 3.74. The van der Waals surface area contributed by atoms with Gasteiger partial charge in [-0.05, 0) is 12.1 Å². The van der Waals surface area contributed by atoms with E-state index in [9.17, 15) is 0 Å². The molecule has 4 nitrogen and oxygen atoms in total. The van der Waals surface area contributed by atoms with Crippen molar-refractivity contribution in [2.45, 2.75) is 6.04 Å². The lowest BCUT2D eigenvalue weighted by Crippen LogP contribution is -2.52. The van der Waals surface area contributed by atoms with Gasteiger partial charge in [0.25, 0.3) is 0 Å². The van der Waals surface area contributed by atoms with Crippen molar-refractivity contribution in [1.29, 1.82) is 0 Å². The Morgan fingerprint density at radius 2 is 2.53 bits per heavy atom. The van der Waals surface area contributed by atoms with E-state index in [1.165, 1.54) is 0 Å². The molecule has 15 heavy (non-hydrogen) atoms. The Morgan fingerprint density at radius 1 is 1.60 bits per heavy atom. The summed E-state index contributed by atoms with van der Waals surface area (Å²) < 4.78 is 5.16. The van der Waals surface area contributed by atoms with Crippen LogP contribution in [0.4, 0.5) is 5.82 Å². The van der Waals surface area contributed by atoms with Gasteiger partial charge in [-0.15, -0.1) is 0 Å². The number of nitrogens with one attached hydrogen (secondary N) is 1. The van der Waals surface area contributed by atoms with Crippen LogP contribution in [0.15, 0.2) is 24.4 Å². The zero-order valence-electron chi connectivity index (χ0n) is 9.02. The molecule has 0 aliphatic carbocycles. The number of aromatic nitrogens is 1. The van der Waals surface area contributed by atoms with Crippen LogP contribution in [0.2, 0.25) is 0 Å². The van der Waals surface area contributed by atoms with Crippen LogP contribution in [0.3, 0.4) is 0 Å². The molecule has 0 bridgehead atoms. The molecule has 1 fully saturated rings. The number of anilines is 1. The van der Waals surface area contributed by atoms with E-state index in [0.29, 0.717) is 6.04 Å². The smallest absolute Gasteiger partial charge is 0.128 e. The average molecular weight is 207 g/mol. The predicted molar refractivity (Wildman–Crippen MR) is 60.1 cm³/mol. The van der Waals surface area contributed by atoms with E-state index in [2.05, 4.69) is 21.3 Å². The number of hydrogen-bond acceptors (Lipinski definition) is 4. The molecule has 1 N–H and O–H groups in total. The fraction of sp³-hybridized carbons (Fsp3) is 0.545. The molecule has 1 saturated heterocycles. The van der Waals surface area contributed by atoms with Gasteiger partial charge in [-0.25, -0.2) is 4.98 Å². The van der Waals surface area contributed by atoms with Gasteiger partial charge in [-0.1, -0.05) is 6.07 Å². The Morgan fingerprint density at radius 3 is 3.27 bits per heavy atom. The van der Waals surface area contributed by atoms with Crippen LogP contribution in [0, 0.1) is 0 Å². The molecule has 1 atom stereocenters. The van der Waals surface area contributed by atoms with Crippen molar-refractivity contribution in [3.63, 3.8) is 0 Å². The highest BCUT2D eigenvalue weighted by Crippen LogP contribution is 2.11. The lowest BCUT2D eigenvalue weighted by Gasteiger charge is -2.34. The van der Waals surface area contributed by atoms with Crippen LogP contribution < -0.4 is 10.2 Å². The summed E-state index contributed by atoms with van der Waals surface area (Å²) in [5, 5.41) is 3.43. The summed E-state index contributed by atoms with van der Waals surface area (Å²) in [6.45, 7) is 3.72. The summed E-state index contributed by atoms with van der Waals surface area (Å²) in [7, 11) is 1.74. The van der Waals surface area contributed by atoms with Crippen molar-refractivity contribution >= 4 is 5.82 Å². The van der Waals surface area contributed by atoms with Gasteiger partial charge >= 0.3 is 0 Å². The third kappa shape index (κ3) is 2.67. The molecule has 0 amide bonds. The molecule has 1 aliphatic heterocycles. The van der Waals surface area contributed by atoms with Crippen molar-refractivity contribution in [2.75, 3.05) is 38.3 Å². The lowest BCUT2D eigenvalue weighted by molar-refractivity contribution is 0.163. The largest absolute Gasteiger partial charge is 0.383 e. The Bertz CT molecular complexity index is 289. The second kappa shape index (κ2) is 5.09. The van der Waals surface area contributed by atoms with Gasteiger partial charge in [0.05, 0.1) is 6.61 Å². The summed E-state index contributed by atoms with van der Waals surface area (Å²) in [6, 6.07) is 6.43. The van der Waals surface area contributed by atoms with E-state index < -0.39 is 0 Å². The molecule has 1 aromatic heterocycles. The first kappa shape index (κ1) is 10.4.